The van der Waals surface area contributed by atoms with E-state index < -0.39 is 27.9 Å². The first kappa shape index (κ1) is 13.8. The molecule has 1 aromatic carbocycles. The Morgan fingerprint density at radius 3 is 2.06 bits per heavy atom. The van der Waals surface area contributed by atoms with Gasteiger partial charge in [0.15, 0.2) is 15.3 Å². The third-order valence-corrected chi connectivity index (χ3v) is 5.44. The first-order valence-electron chi connectivity index (χ1n) is 4.14. The molecule has 0 aromatic heterocycles. The van der Waals surface area contributed by atoms with Gasteiger partial charge in [-0.25, -0.2) is 8.42 Å². The molecule has 1 rings (SSSR count). The lowest BCUT2D eigenvalue weighted by atomic mass is 10.3. The number of hydrogen-bond acceptors (Lipinski definition) is 5. The minimum Gasteiger partial charge on any atom is -0.324 e. The minimum atomic E-state index is -4.71. The van der Waals surface area contributed by atoms with Gasteiger partial charge in [-0.3, -0.25) is 14.7 Å². The maximum Gasteiger partial charge on any atom is 0.340 e. The van der Waals surface area contributed by atoms with Crippen LogP contribution in [0.3, 0.4) is 0 Å². The van der Waals surface area contributed by atoms with Crippen molar-refractivity contribution in [2.75, 3.05) is 5.49 Å². The summed E-state index contributed by atoms with van der Waals surface area (Å²) in [5.74, 6) is 0. The van der Waals surface area contributed by atoms with E-state index in [4.69, 9.17) is 9.79 Å². The lowest BCUT2D eigenvalue weighted by molar-refractivity contribution is -0.384. The molecule has 1 aromatic rings. The lowest BCUT2D eigenvalue weighted by Gasteiger charge is -2.05. The van der Waals surface area contributed by atoms with Gasteiger partial charge in [-0.2, -0.15) is 0 Å². The molecule has 0 radical (unpaired) electrons. The quantitative estimate of drug-likeness (QED) is 0.466. The van der Waals surface area contributed by atoms with Gasteiger partial charge in [-0.1, -0.05) is 0 Å². The molecular weight excluding hydrogens is 273 g/mol. The molecule has 0 unspecified atom stereocenters. The fraction of sp³-hybridized carbons (Fsp3) is 0.143. The van der Waals surface area contributed by atoms with Crippen LogP contribution in [0, 0.1) is 10.1 Å². The van der Waals surface area contributed by atoms with Crippen molar-refractivity contribution >= 4 is 23.1 Å². The van der Waals surface area contributed by atoms with E-state index in [1.165, 1.54) is 0 Å². The number of hydrogen-bond donors (Lipinski definition) is 2. The van der Waals surface area contributed by atoms with Crippen molar-refractivity contribution in [2.24, 2.45) is 0 Å². The van der Waals surface area contributed by atoms with E-state index in [0.29, 0.717) is 0 Å². The number of nitro groups is 1. The summed E-state index contributed by atoms with van der Waals surface area (Å²) >= 11 is 0. The van der Waals surface area contributed by atoms with Crippen LogP contribution in [0.5, 0.6) is 0 Å². The maximum absolute atomic E-state index is 11.5. The first-order valence-corrected chi connectivity index (χ1v) is 7.58. The van der Waals surface area contributed by atoms with Crippen molar-refractivity contribution in [3.8, 4) is 0 Å². The number of nitro benzene ring substituents is 1. The zero-order valence-electron chi connectivity index (χ0n) is 8.25. The van der Waals surface area contributed by atoms with E-state index in [1.807, 2.05) is 0 Å². The van der Waals surface area contributed by atoms with Crippen LogP contribution < -0.4 is 0 Å². The van der Waals surface area contributed by atoms with E-state index in [0.717, 1.165) is 24.3 Å². The van der Waals surface area contributed by atoms with Gasteiger partial charge < -0.3 is 9.79 Å². The Morgan fingerprint density at radius 1 is 1.24 bits per heavy atom. The second-order valence-corrected chi connectivity index (χ2v) is 7.22. The van der Waals surface area contributed by atoms with Crippen molar-refractivity contribution < 1.29 is 27.7 Å². The Labute approximate surface area is 96.1 Å². The molecule has 0 atom stereocenters. The summed E-state index contributed by atoms with van der Waals surface area (Å²) < 4.78 is 33.5. The van der Waals surface area contributed by atoms with Gasteiger partial charge in [0.1, 0.15) is 0 Å². The second-order valence-electron chi connectivity index (χ2n) is 3.16. The molecule has 0 heterocycles. The fourth-order valence-corrected chi connectivity index (χ4v) is 3.99. The van der Waals surface area contributed by atoms with Crippen molar-refractivity contribution in [3.05, 3.63) is 34.4 Å². The van der Waals surface area contributed by atoms with Crippen LogP contribution in [-0.2, 0) is 14.4 Å². The lowest BCUT2D eigenvalue weighted by Crippen LogP contribution is -2.07. The van der Waals surface area contributed by atoms with Crippen LogP contribution in [0.4, 0.5) is 5.69 Å². The number of benzene rings is 1. The molecule has 0 fully saturated rings. The predicted molar refractivity (Wildman–Crippen MR) is 57.2 cm³/mol. The van der Waals surface area contributed by atoms with E-state index in [2.05, 4.69) is 0 Å². The molecule has 8 nitrogen and oxygen atoms in total. The van der Waals surface area contributed by atoms with Crippen molar-refractivity contribution in [1.29, 1.82) is 0 Å². The molecular formula is C7H8NO7PS. The molecule has 0 aliphatic heterocycles. The SMILES string of the molecule is O=[N+]([O-])c1ccc(S(=O)(=O)CP(=O)(O)O)cc1. The van der Waals surface area contributed by atoms with Crippen LogP contribution in [0.15, 0.2) is 29.2 Å². The standard InChI is InChI=1S/C7H8NO7PS/c9-8(10)6-1-3-7(4-2-6)17(14,15)5-16(11,12)13/h1-4H,5H2,(H2,11,12,13). The summed E-state index contributed by atoms with van der Waals surface area (Å²) in [5, 5.41) is 10.3. The van der Waals surface area contributed by atoms with E-state index in [9.17, 15) is 23.1 Å². The van der Waals surface area contributed by atoms with Gasteiger partial charge in [-0.15, -0.1) is 0 Å². The predicted octanol–water partition coefficient (Wildman–Crippen LogP) is 0.504. The molecule has 0 amide bonds. The van der Waals surface area contributed by atoms with Gasteiger partial charge >= 0.3 is 7.60 Å². The Bertz CT molecular complexity index is 573. The highest BCUT2D eigenvalue weighted by atomic mass is 32.2. The summed E-state index contributed by atoms with van der Waals surface area (Å²) in [4.78, 5) is 26.4. The Hall–Kier alpha value is -1.28. The second kappa shape index (κ2) is 4.53. The molecule has 2 N–H and O–H groups in total. The number of non-ortho nitro benzene ring substituents is 1. The van der Waals surface area contributed by atoms with Gasteiger partial charge in [0.05, 0.1) is 9.82 Å². The largest absolute Gasteiger partial charge is 0.340 e. The highest BCUT2D eigenvalue weighted by molar-refractivity contribution is 7.97. The summed E-state index contributed by atoms with van der Waals surface area (Å²) in [7, 11) is -8.85. The van der Waals surface area contributed by atoms with E-state index >= 15 is 0 Å². The highest BCUT2D eigenvalue weighted by Crippen LogP contribution is 2.38. The van der Waals surface area contributed by atoms with Crippen LogP contribution >= 0.6 is 7.60 Å². The maximum atomic E-state index is 11.5. The monoisotopic (exact) mass is 281 g/mol. The zero-order valence-corrected chi connectivity index (χ0v) is 9.97. The Kier molecular flexibility index (Phi) is 3.68. The summed E-state index contributed by atoms with van der Waals surface area (Å²) in [6.07, 6.45) is 0. The summed E-state index contributed by atoms with van der Waals surface area (Å²) in [6, 6.07) is 3.77. The van der Waals surface area contributed by atoms with Gasteiger partial charge in [0.25, 0.3) is 5.69 Å². The summed E-state index contributed by atoms with van der Waals surface area (Å²) in [6.45, 7) is 0. The van der Waals surface area contributed by atoms with E-state index in [-0.39, 0.29) is 10.6 Å². The molecule has 0 saturated heterocycles. The number of sulfone groups is 1. The zero-order chi connectivity index (χ0) is 13.3. The van der Waals surface area contributed by atoms with Gasteiger partial charge in [0, 0.05) is 12.1 Å². The van der Waals surface area contributed by atoms with Crippen molar-refractivity contribution in [1.82, 2.24) is 0 Å². The Morgan fingerprint density at radius 2 is 1.71 bits per heavy atom. The molecule has 0 aliphatic carbocycles. The number of nitrogens with zero attached hydrogens (tertiary/aromatic N) is 1. The highest BCUT2D eigenvalue weighted by Gasteiger charge is 2.26. The third-order valence-electron chi connectivity index (χ3n) is 1.74. The molecule has 0 bridgehead atoms. The average Bonchev–Trinajstić information content (AvgIpc) is 2.14. The van der Waals surface area contributed by atoms with Crippen LogP contribution in [-0.4, -0.2) is 28.6 Å². The molecule has 0 saturated carbocycles. The summed E-state index contributed by atoms with van der Waals surface area (Å²) in [5.41, 5.74) is -1.63. The fourth-order valence-electron chi connectivity index (χ4n) is 1.07. The smallest absolute Gasteiger partial charge is 0.324 e. The van der Waals surface area contributed by atoms with Crippen LogP contribution in [0.25, 0.3) is 0 Å². The first-order chi connectivity index (χ1) is 7.62. The van der Waals surface area contributed by atoms with Crippen LogP contribution in [0.1, 0.15) is 0 Å². The molecule has 17 heavy (non-hydrogen) atoms. The normalized spacial score (nSPS) is 12.4. The third kappa shape index (κ3) is 3.90. The van der Waals surface area contributed by atoms with Crippen molar-refractivity contribution in [3.63, 3.8) is 0 Å². The van der Waals surface area contributed by atoms with Gasteiger partial charge in [0.2, 0.25) is 0 Å². The molecule has 94 valence electrons. The van der Waals surface area contributed by atoms with E-state index in [1.54, 1.807) is 0 Å². The van der Waals surface area contributed by atoms with Gasteiger partial charge in [-0.05, 0) is 12.1 Å². The number of rotatable bonds is 4. The average molecular weight is 281 g/mol. The minimum absolute atomic E-state index is 0.305. The molecule has 10 heteroatoms. The molecule has 0 spiro atoms. The molecule has 0 aliphatic rings. The topological polar surface area (TPSA) is 135 Å². The van der Waals surface area contributed by atoms with Crippen molar-refractivity contribution in [2.45, 2.75) is 4.90 Å². The van der Waals surface area contributed by atoms with Crippen LogP contribution in [0.2, 0.25) is 0 Å². The Balaban J connectivity index is 3.09.